The number of benzene rings is 2. The Morgan fingerprint density at radius 1 is 1.06 bits per heavy atom. The van der Waals surface area contributed by atoms with Crippen molar-refractivity contribution in [2.24, 2.45) is 7.05 Å². The highest BCUT2D eigenvalue weighted by molar-refractivity contribution is 6.10. The van der Waals surface area contributed by atoms with Crippen LogP contribution in [0.1, 0.15) is 12.5 Å². The Kier molecular flexibility index (Phi) is 5.44. The van der Waals surface area contributed by atoms with E-state index in [1.54, 1.807) is 34.8 Å². The molecule has 1 aliphatic heterocycles. The molecule has 2 amide bonds. The van der Waals surface area contributed by atoms with Gasteiger partial charge in [0.05, 0.1) is 24.4 Å². The smallest absolute Gasteiger partial charge is 0.387 e. The molecule has 0 saturated carbocycles. The number of anilines is 3. The Labute approximate surface area is 193 Å². The zero-order valence-corrected chi connectivity index (χ0v) is 18.4. The summed E-state index contributed by atoms with van der Waals surface area (Å²) in [6, 6.07) is 14.5. The Balaban J connectivity index is 1.59. The standard InChI is InChI=1S/C23H20F2N6O3/c1-3-33-20-11-4-14-13-30(16-7-10-18-19(12-16)29(2)28-27-18)23(32)31(21(14)26-20)15-5-8-17(9-6-15)34-22(24)25/h4-12,22H,3,13H2,1-2H3. The fourth-order valence-corrected chi connectivity index (χ4v) is 3.85. The van der Waals surface area contributed by atoms with Crippen LogP contribution in [0.15, 0.2) is 54.6 Å². The number of nitrogens with zero attached hydrogens (tertiary/aromatic N) is 6. The van der Waals surface area contributed by atoms with Gasteiger partial charge in [0.25, 0.3) is 0 Å². The molecule has 3 heterocycles. The number of hydrogen-bond acceptors (Lipinski definition) is 6. The number of fused-ring (bicyclic) bond motifs is 2. The van der Waals surface area contributed by atoms with E-state index in [4.69, 9.17) is 4.74 Å². The van der Waals surface area contributed by atoms with Crippen LogP contribution in [0, 0.1) is 0 Å². The number of carbonyl (C=O) groups is 1. The van der Waals surface area contributed by atoms with Gasteiger partial charge in [0.2, 0.25) is 5.88 Å². The van der Waals surface area contributed by atoms with Gasteiger partial charge < -0.3 is 9.47 Å². The van der Waals surface area contributed by atoms with Gasteiger partial charge in [0, 0.05) is 24.4 Å². The fraction of sp³-hybridized carbons (Fsp3) is 0.217. The van der Waals surface area contributed by atoms with Crippen LogP contribution in [0.3, 0.4) is 0 Å². The summed E-state index contributed by atoms with van der Waals surface area (Å²) in [7, 11) is 1.78. The molecule has 9 nitrogen and oxygen atoms in total. The molecule has 0 radical (unpaired) electrons. The lowest BCUT2D eigenvalue weighted by Crippen LogP contribution is -2.45. The van der Waals surface area contributed by atoms with E-state index in [-0.39, 0.29) is 18.3 Å². The first-order chi connectivity index (χ1) is 16.4. The molecular formula is C23H20F2N6O3. The largest absolute Gasteiger partial charge is 0.478 e. The van der Waals surface area contributed by atoms with E-state index in [0.29, 0.717) is 35.2 Å². The van der Waals surface area contributed by atoms with Crippen molar-refractivity contribution in [3.63, 3.8) is 0 Å². The molecule has 2 aromatic carbocycles. The van der Waals surface area contributed by atoms with E-state index in [1.165, 1.54) is 29.2 Å². The molecule has 34 heavy (non-hydrogen) atoms. The van der Waals surface area contributed by atoms with Crippen LogP contribution in [-0.2, 0) is 13.6 Å². The van der Waals surface area contributed by atoms with Crippen molar-refractivity contribution in [1.29, 1.82) is 0 Å². The van der Waals surface area contributed by atoms with Crippen molar-refractivity contribution < 1.29 is 23.0 Å². The van der Waals surface area contributed by atoms with E-state index < -0.39 is 6.61 Å². The molecule has 5 rings (SSSR count). The van der Waals surface area contributed by atoms with Gasteiger partial charge in [-0.25, -0.2) is 14.4 Å². The summed E-state index contributed by atoms with van der Waals surface area (Å²) in [5.74, 6) is 0.788. The predicted octanol–water partition coefficient (Wildman–Crippen LogP) is 4.64. The third-order valence-corrected chi connectivity index (χ3v) is 5.41. The van der Waals surface area contributed by atoms with Gasteiger partial charge in [0.15, 0.2) is 0 Å². The monoisotopic (exact) mass is 466 g/mol. The number of carbonyl (C=O) groups excluding carboxylic acids is 1. The van der Waals surface area contributed by atoms with E-state index in [1.807, 2.05) is 19.1 Å². The molecule has 0 fully saturated rings. The van der Waals surface area contributed by atoms with Gasteiger partial charge in [-0.15, -0.1) is 5.10 Å². The summed E-state index contributed by atoms with van der Waals surface area (Å²) in [5, 5.41) is 8.11. The lowest BCUT2D eigenvalue weighted by Gasteiger charge is -2.36. The van der Waals surface area contributed by atoms with Crippen molar-refractivity contribution in [1.82, 2.24) is 20.0 Å². The number of pyridine rings is 1. The lowest BCUT2D eigenvalue weighted by atomic mass is 10.1. The van der Waals surface area contributed by atoms with Gasteiger partial charge in [-0.1, -0.05) is 5.21 Å². The lowest BCUT2D eigenvalue weighted by molar-refractivity contribution is -0.0498. The Hall–Kier alpha value is -4.28. The van der Waals surface area contributed by atoms with Crippen LogP contribution < -0.4 is 19.3 Å². The number of aryl methyl sites for hydroxylation is 1. The highest BCUT2D eigenvalue weighted by atomic mass is 19.3. The topological polar surface area (TPSA) is 85.6 Å². The molecule has 0 atom stereocenters. The third-order valence-electron chi connectivity index (χ3n) is 5.41. The first-order valence-corrected chi connectivity index (χ1v) is 10.5. The molecule has 0 bridgehead atoms. The Morgan fingerprint density at radius 3 is 2.56 bits per heavy atom. The van der Waals surface area contributed by atoms with Gasteiger partial charge in [0.1, 0.15) is 17.1 Å². The Morgan fingerprint density at radius 2 is 1.82 bits per heavy atom. The number of aromatic nitrogens is 4. The molecular weight excluding hydrogens is 446 g/mol. The van der Waals surface area contributed by atoms with Gasteiger partial charge in [-0.3, -0.25) is 4.90 Å². The molecule has 4 aromatic rings. The summed E-state index contributed by atoms with van der Waals surface area (Å²) in [5.41, 5.74) is 3.39. The summed E-state index contributed by atoms with van der Waals surface area (Å²) < 4.78 is 36.8. The predicted molar refractivity (Wildman–Crippen MR) is 121 cm³/mol. The zero-order chi connectivity index (χ0) is 23.8. The van der Waals surface area contributed by atoms with E-state index in [0.717, 1.165) is 11.1 Å². The second kappa shape index (κ2) is 8.58. The highest BCUT2D eigenvalue weighted by Crippen LogP contribution is 2.38. The maximum atomic E-state index is 13.8. The summed E-state index contributed by atoms with van der Waals surface area (Å²) >= 11 is 0. The van der Waals surface area contributed by atoms with Gasteiger partial charge in [-0.05, 0) is 55.5 Å². The van der Waals surface area contributed by atoms with Crippen LogP contribution in [-0.4, -0.2) is 39.2 Å². The number of alkyl halides is 2. The molecule has 0 unspecified atom stereocenters. The molecule has 0 saturated heterocycles. The highest BCUT2D eigenvalue weighted by Gasteiger charge is 2.34. The first kappa shape index (κ1) is 21.6. The van der Waals surface area contributed by atoms with Crippen LogP contribution in [0.2, 0.25) is 0 Å². The minimum Gasteiger partial charge on any atom is -0.478 e. The zero-order valence-electron chi connectivity index (χ0n) is 18.4. The molecule has 174 valence electrons. The van der Waals surface area contributed by atoms with Crippen LogP contribution in [0.25, 0.3) is 11.0 Å². The normalized spacial score (nSPS) is 13.5. The summed E-state index contributed by atoms with van der Waals surface area (Å²) in [6.45, 7) is -0.389. The molecule has 0 spiro atoms. The average Bonchev–Trinajstić information content (AvgIpc) is 3.19. The second-order valence-corrected chi connectivity index (χ2v) is 7.53. The van der Waals surface area contributed by atoms with E-state index >= 15 is 0 Å². The number of rotatable bonds is 6. The van der Waals surface area contributed by atoms with Crippen molar-refractivity contribution in [3.8, 4) is 11.6 Å². The van der Waals surface area contributed by atoms with Crippen LogP contribution in [0.5, 0.6) is 11.6 Å². The molecule has 1 aliphatic rings. The number of hydrogen-bond donors (Lipinski definition) is 0. The molecule has 11 heteroatoms. The molecule has 0 N–H and O–H groups in total. The van der Waals surface area contributed by atoms with Crippen LogP contribution in [0.4, 0.5) is 30.8 Å². The van der Waals surface area contributed by atoms with Crippen LogP contribution >= 0.6 is 0 Å². The van der Waals surface area contributed by atoms with Crippen molar-refractivity contribution >= 4 is 34.3 Å². The fourth-order valence-electron chi connectivity index (χ4n) is 3.85. The Bertz CT molecular complexity index is 1360. The van der Waals surface area contributed by atoms with E-state index in [9.17, 15) is 13.6 Å². The maximum absolute atomic E-state index is 13.8. The van der Waals surface area contributed by atoms with Crippen molar-refractivity contribution in [3.05, 3.63) is 60.2 Å². The number of amides is 2. The van der Waals surface area contributed by atoms with Gasteiger partial charge >= 0.3 is 12.6 Å². The average molecular weight is 466 g/mol. The quantitative estimate of drug-likeness (QED) is 0.412. The maximum Gasteiger partial charge on any atom is 0.387 e. The number of urea groups is 1. The second-order valence-electron chi connectivity index (χ2n) is 7.53. The first-order valence-electron chi connectivity index (χ1n) is 10.5. The van der Waals surface area contributed by atoms with Gasteiger partial charge in [-0.2, -0.15) is 13.8 Å². The molecule has 0 aliphatic carbocycles. The van der Waals surface area contributed by atoms with Crippen molar-refractivity contribution in [2.45, 2.75) is 20.1 Å². The summed E-state index contributed by atoms with van der Waals surface area (Å²) in [6.07, 6.45) is 0. The third kappa shape index (κ3) is 3.85. The molecule has 2 aromatic heterocycles. The summed E-state index contributed by atoms with van der Waals surface area (Å²) in [4.78, 5) is 21.4. The number of ether oxygens (including phenoxy) is 2. The van der Waals surface area contributed by atoms with E-state index in [2.05, 4.69) is 20.0 Å². The SMILES string of the molecule is CCOc1ccc2c(n1)N(c1ccc(OC(F)F)cc1)C(=O)N(c1ccc3nnn(C)c3c1)C2. The minimum atomic E-state index is -2.94. The number of halogens is 2. The minimum absolute atomic E-state index is 0.00882. The van der Waals surface area contributed by atoms with Crippen molar-refractivity contribution in [2.75, 3.05) is 16.4 Å².